The number of hydrogen-bond acceptors (Lipinski definition) is 3. The van der Waals surface area contributed by atoms with E-state index in [2.05, 4.69) is 17.6 Å². The van der Waals surface area contributed by atoms with E-state index in [9.17, 15) is 4.79 Å². The number of amides is 1. The van der Waals surface area contributed by atoms with Gasteiger partial charge in [-0.05, 0) is 43.8 Å². The second kappa shape index (κ2) is 7.45. The van der Waals surface area contributed by atoms with Crippen molar-refractivity contribution in [2.24, 2.45) is 0 Å². The van der Waals surface area contributed by atoms with Crippen LogP contribution in [0.2, 0.25) is 0 Å². The van der Waals surface area contributed by atoms with Crippen LogP contribution in [-0.2, 0) is 4.79 Å². The summed E-state index contributed by atoms with van der Waals surface area (Å²) in [5.74, 6) is 0.513. The average molecular weight is 284 g/mol. The topological polar surface area (TPSA) is 50.4 Å². The van der Waals surface area contributed by atoms with E-state index >= 15 is 0 Å². The van der Waals surface area contributed by atoms with E-state index in [1.807, 2.05) is 61.6 Å². The third kappa shape index (κ3) is 4.61. The standard InChI is InChI=1S/C17H20N2O2/c1-13(18-2)14-8-10-15(11-9-14)19-17(20)12-21-16-6-4-3-5-7-16/h3-11,13,18H,12H2,1-2H3,(H,19,20). The van der Waals surface area contributed by atoms with Gasteiger partial charge < -0.3 is 15.4 Å². The summed E-state index contributed by atoms with van der Waals surface area (Å²) >= 11 is 0. The predicted octanol–water partition coefficient (Wildman–Crippen LogP) is 2.98. The summed E-state index contributed by atoms with van der Waals surface area (Å²) < 4.78 is 5.40. The lowest BCUT2D eigenvalue weighted by atomic mass is 10.1. The van der Waals surface area contributed by atoms with Crippen molar-refractivity contribution in [2.75, 3.05) is 19.0 Å². The molecule has 0 saturated carbocycles. The number of benzene rings is 2. The molecule has 0 saturated heterocycles. The first-order valence-electron chi connectivity index (χ1n) is 6.94. The highest BCUT2D eigenvalue weighted by Crippen LogP contribution is 2.15. The van der Waals surface area contributed by atoms with E-state index in [0.717, 1.165) is 5.69 Å². The van der Waals surface area contributed by atoms with Gasteiger partial charge in [0.05, 0.1) is 0 Å². The zero-order chi connectivity index (χ0) is 15.1. The summed E-state index contributed by atoms with van der Waals surface area (Å²) in [5.41, 5.74) is 1.94. The molecule has 1 atom stereocenters. The molecule has 0 heterocycles. The van der Waals surface area contributed by atoms with Crippen molar-refractivity contribution in [3.05, 3.63) is 60.2 Å². The molecule has 0 aliphatic heterocycles. The molecule has 0 bridgehead atoms. The Hall–Kier alpha value is -2.33. The molecule has 0 spiro atoms. The molecular formula is C17H20N2O2. The Morgan fingerprint density at radius 2 is 1.76 bits per heavy atom. The van der Waals surface area contributed by atoms with Crippen molar-refractivity contribution in [3.63, 3.8) is 0 Å². The number of nitrogens with one attached hydrogen (secondary N) is 2. The minimum Gasteiger partial charge on any atom is -0.484 e. The number of anilines is 1. The number of hydrogen-bond donors (Lipinski definition) is 2. The summed E-state index contributed by atoms with van der Waals surface area (Å²) in [5, 5.41) is 5.98. The molecule has 1 unspecified atom stereocenters. The largest absolute Gasteiger partial charge is 0.484 e. The molecule has 2 N–H and O–H groups in total. The molecule has 1 amide bonds. The SMILES string of the molecule is CNC(C)c1ccc(NC(=O)COc2ccccc2)cc1. The lowest BCUT2D eigenvalue weighted by Gasteiger charge is -2.12. The second-order valence-electron chi connectivity index (χ2n) is 4.78. The van der Waals surface area contributed by atoms with E-state index in [1.165, 1.54) is 5.56 Å². The highest BCUT2D eigenvalue weighted by Gasteiger charge is 2.05. The van der Waals surface area contributed by atoms with Crippen LogP contribution in [-0.4, -0.2) is 19.6 Å². The first kappa shape index (κ1) is 15.1. The summed E-state index contributed by atoms with van der Waals surface area (Å²) in [4.78, 5) is 11.8. The zero-order valence-corrected chi connectivity index (χ0v) is 12.3. The molecule has 2 aromatic carbocycles. The maximum absolute atomic E-state index is 11.8. The van der Waals surface area contributed by atoms with Crippen LogP contribution in [0.15, 0.2) is 54.6 Å². The molecule has 4 heteroatoms. The lowest BCUT2D eigenvalue weighted by Crippen LogP contribution is -2.20. The van der Waals surface area contributed by atoms with Crippen LogP contribution < -0.4 is 15.4 Å². The molecule has 0 fully saturated rings. The third-order valence-electron chi connectivity index (χ3n) is 3.24. The Bertz CT molecular complexity index is 567. The number of carbonyl (C=O) groups is 1. The van der Waals surface area contributed by atoms with Crippen LogP contribution in [0, 0.1) is 0 Å². The molecular weight excluding hydrogens is 264 g/mol. The Morgan fingerprint density at radius 1 is 1.10 bits per heavy atom. The molecule has 21 heavy (non-hydrogen) atoms. The fourth-order valence-corrected chi connectivity index (χ4v) is 1.88. The van der Waals surface area contributed by atoms with E-state index in [1.54, 1.807) is 0 Å². The summed E-state index contributed by atoms with van der Waals surface area (Å²) in [6.45, 7) is 2.08. The maximum atomic E-state index is 11.8. The molecule has 110 valence electrons. The van der Waals surface area contributed by atoms with Gasteiger partial charge in [-0.2, -0.15) is 0 Å². The molecule has 2 aromatic rings. The minimum atomic E-state index is -0.173. The minimum absolute atomic E-state index is 0.00131. The van der Waals surface area contributed by atoms with Gasteiger partial charge in [-0.3, -0.25) is 4.79 Å². The van der Waals surface area contributed by atoms with Gasteiger partial charge in [0, 0.05) is 11.7 Å². The third-order valence-corrected chi connectivity index (χ3v) is 3.24. The van der Waals surface area contributed by atoms with Crippen molar-refractivity contribution >= 4 is 11.6 Å². The van der Waals surface area contributed by atoms with Gasteiger partial charge in [-0.1, -0.05) is 30.3 Å². The quantitative estimate of drug-likeness (QED) is 0.857. The van der Waals surface area contributed by atoms with E-state index < -0.39 is 0 Å². The smallest absolute Gasteiger partial charge is 0.262 e. The normalized spacial score (nSPS) is 11.7. The van der Waals surface area contributed by atoms with Gasteiger partial charge in [0.25, 0.3) is 5.91 Å². The van der Waals surface area contributed by atoms with Crippen LogP contribution in [0.4, 0.5) is 5.69 Å². The van der Waals surface area contributed by atoms with Crippen LogP contribution in [0.1, 0.15) is 18.5 Å². The van der Waals surface area contributed by atoms with Crippen molar-refractivity contribution in [3.8, 4) is 5.75 Å². The van der Waals surface area contributed by atoms with E-state index in [-0.39, 0.29) is 18.6 Å². The van der Waals surface area contributed by atoms with Crippen LogP contribution >= 0.6 is 0 Å². The summed E-state index contributed by atoms with van der Waals surface area (Å²) in [6, 6.07) is 17.3. The zero-order valence-electron chi connectivity index (χ0n) is 12.3. The fraction of sp³-hybridized carbons (Fsp3) is 0.235. The van der Waals surface area contributed by atoms with Crippen LogP contribution in [0.3, 0.4) is 0 Å². The van der Waals surface area contributed by atoms with Crippen molar-refractivity contribution in [1.29, 1.82) is 0 Å². The molecule has 4 nitrogen and oxygen atoms in total. The van der Waals surface area contributed by atoms with E-state index in [4.69, 9.17) is 4.74 Å². The highest BCUT2D eigenvalue weighted by atomic mass is 16.5. The Morgan fingerprint density at radius 3 is 2.38 bits per heavy atom. The molecule has 0 aliphatic carbocycles. The Balaban J connectivity index is 1.85. The van der Waals surface area contributed by atoms with Gasteiger partial charge in [0.2, 0.25) is 0 Å². The van der Waals surface area contributed by atoms with Crippen LogP contribution in [0.25, 0.3) is 0 Å². The lowest BCUT2D eigenvalue weighted by molar-refractivity contribution is -0.118. The van der Waals surface area contributed by atoms with Gasteiger partial charge in [-0.25, -0.2) is 0 Å². The van der Waals surface area contributed by atoms with E-state index in [0.29, 0.717) is 5.75 Å². The predicted molar refractivity (Wildman–Crippen MR) is 84.5 cm³/mol. The molecule has 0 aliphatic rings. The van der Waals surface area contributed by atoms with Crippen LogP contribution in [0.5, 0.6) is 5.75 Å². The molecule has 0 radical (unpaired) electrons. The monoisotopic (exact) mass is 284 g/mol. The average Bonchev–Trinajstić information content (AvgIpc) is 2.54. The molecule has 0 aromatic heterocycles. The van der Waals surface area contributed by atoms with Crippen molar-refractivity contribution in [1.82, 2.24) is 5.32 Å². The van der Waals surface area contributed by atoms with Crippen molar-refractivity contribution in [2.45, 2.75) is 13.0 Å². The number of carbonyl (C=O) groups excluding carboxylic acids is 1. The number of para-hydroxylation sites is 1. The summed E-state index contributed by atoms with van der Waals surface area (Å²) in [7, 11) is 1.92. The Kier molecular flexibility index (Phi) is 5.35. The van der Waals surface area contributed by atoms with Crippen molar-refractivity contribution < 1.29 is 9.53 Å². The fourth-order valence-electron chi connectivity index (χ4n) is 1.88. The van der Waals surface area contributed by atoms with Gasteiger partial charge in [-0.15, -0.1) is 0 Å². The summed E-state index contributed by atoms with van der Waals surface area (Å²) in [6.07, 6.45) is 0. The van der Waals surface area contributed by atoms with Gasteiger partial charge >= 0.3 is 0 Å². The Labute approximate surface area is 125 Å². The second-order valence-corrected chi connectivity index (χ2v) is 4.78. The van der Waals surface area contributed by atoms with Gasteiger partial charge in [0.15, 0.2) is 6.61 Å². The molecule has 2 rings (SSSR count). The maximum Gasteiger partial charge on any atom is 0.262 e. The van der Waals surface area contributed by atoms with Gasteiger partial charge in [0.1, 0.15) is 5.75 Å². The first-order chi connectivity index (χ1) is 10.2. The number of rotatable bonds is 6. The number of ether oxygens (including phenoxy) is 1. The highest BCUT2D eigenvalue weighted by molar-refractivity contribution is 5.91. The first-order valence-corrected chi connectivity index (χ1v) is 6.94.